The van der Waals surface area contributed by atoms with Crippen molar-refractivity contribution in [2.75, 3.05) is 25.6 Å². The third kappa shape index (κ3) is 5.51. The minimum Gasteiger partial charge on any atom is -0.493 e. The van der Waals surface area contributed by atoms with Crippen LogP contribution in [0.2, 0.25) is 0 Å². The molecule has 0 bridgehead atoms. The summed E-state index contributed by atoms with van der Waals surface area (Å²) in [5.74, 6) is 0.805. The molecule has 1 aliphatic heterocycles. The zero-order valence-electron chi connectivity index (χ0n) is 15.7. The van der Waals surface area contributed by atoms with Crippen molar-refractivity contribution in [1.29, 1.82) is 0 Å². The highest BCUT2D eigenvalue weighted by Gasteiger charge is 2.29. The van der Waals surface area contributed by atoms with E-state index in [0.717, 1.165) is 22.6 Å². The van der Waals surface area contributed by atoms with Gasteiger partial charge in [-0.2, -0.15) is 0 Å². The number of benzene rings is 1. The number of aryl methyl sites for hydroxylation is 1. The normalized spacial score (nSPS) is 20.4. The van der Waals surface area contributed by atoms with Gasteiger partial charge in [-0.05, 0) is 56.2 Å². The van der Waals surface area contributed by atoms with Gasteiger partial charge >= 0.3 is 0 Å². The quantitative estimate of drug-likeness (QED) is 0.787. The molecule has 1 aromatic carbocycles. The molecule has 6 nitrogen and oxygen atoms in total. The molecule has 2 atom stereocenters. The SMILES string of the molecule is CCS(=O)(=O)N[C@H]1CCOC[C@@H]1COc1ccc(-c2ccc(C)cn2)cc1. The molecule has 1 N–H and O–H groups in total. The van der Waals surface area contributed by atoms with E-state index in [1.807, 2.05) is 49.5 Å². The number of pyridine rings is 1. The van der Waals surface area contributed by atoms with Gasteiger partial charge in [0, 0.05) is 30.3 Å². The van der Waals surface area contributed by atoms with Crippen LogP contribution in [0, 0.1) is 12.8 Å². The van der Waals surface area contributed by atoms with Crippen LogP contribution in [0.25, 0.3) is 11.3 Å². The van der Waals surface area contributed by atoms with Gasteiger partial charge in [0.2, 0.25) is 10.0 Å². The van der Waals surface area contributed by atoms with Crippen LogP contribution in [0.5, 0.6) is 5.75 Å². The summed E-state index contributed by atoms with van der Waals surface area (Å²) >= 11 is 0. The van der Waals surface area contributed by atoms with Gasteiger partial charge in [0.25, 0.3) is 0 Å². The summed E-state index contributed by atoms with van der Waals surface area (Å²) in [4.78, 5) is 4.43. The predicted octanol–water partition coefficient (Wildman–Crippen LogP) is 2.78. The van der Waals surface area contributed by atoms with Crippen molar-refractivity contribution in [2.45, 2.75) is 26.3 Å². The Morgan fingerprint density at radius 1 is 1.22 bits per heavy atom. The van der Waals surface area contributed by atoms with Crippen LogP contribution < -0.4 is 9.46 Å². The minimum atomic E-state index is -3.24. The van der Waals surface area contributed by atoms with E-state index in [4.69, 9.17) is 9.47 Å². The number of nitrogens with zero attached hydrogens (tertiary/aromatic N) is 1. The van der Waals surface area contributed by atoms with Gasteiger partial charge < -0.3 is 9.47 Å². The number of hydrogen-bond donors (Lipinski definition) is 1. The number of sulfonamides is 1. The second-order valence-electron chi connectivity index (χ2n) is 6.81. The van der Waals surface area contributed by atoms with Gasteiger partial charge in [0.1, 0.15) is 5.75 Å². The van der Waals surface area contributed by atoms with Crippen molar-refractivity contribution >= 4 is 10.0 Å². The van der Waals surface area contributed by atoms with Gasteiger partial charge in [0.15, 0.2) is 0 Å². The second kappa shape index (κ2) is 8.82. The number of aromatic nitrogens is 1. The van der Waals surface area contributed by atoms with E-state index in [0.29, 0.717) is 26.2 Å². The van der Waals surface area contributed by atoms with Crippen LogP contribution in [-0.2, 0) is 14.8 Å². The van der Waals surface area contributed by atoms with Crippen molar-refractivity contribution < 1.29 is 17.9 Å². The third-order valence-electron chi connectivity index (χ3n) is 4.71. The lowest BCUT2D eigenvalue weighted by molar-refractivity contribution is 0.0186. The maximum Gasteiger partial charge on any atom is 0.211 e. The number of hydrogen-bond acceptors (Lipinski definition) is 5. The predicted molar refractivity (Wildman–Crippen MR) is 105 cm³/mol. The summed E-state index contributed by atoms with van der Waals surface area (Å²) in [7, 11) is -3.24. The Morgan fingerprint density at radius 2 is 2.00 bits per heavy atom. The molecule has 1 saturated heterocycles. The topological polar surface area (TPSA) is 77.5 Å². The molecule has 2 aromatic rings. The average Bonchev–Trinajstić information content (AvgIpc) is 2.68. The van der Waals surface area contributed by atoms with Crippen LogP contribution in [-0.4, -0.2) is 45.0 Å². The monoisotopic (exact) mass is 390 g/mol. The molecule has 1 aromatic heterocycles. The van der Waals surface area contributed by atoms with Gasteiger partial charge in [-0.15, -0.1) is 0 Å². The molecule has 0 radical (unpaired) electrons. The van der Waals surface area contributed by atoms with E-state index in [1.165, 1.54) is 0 Å². The van der Waals surface area contributed by atoms with Crippen molar-refractivity contribution in [2.24, 2.45) is 5.92 Å². The summed E-state index contributed by atoms with van der Waals surface area (Å²) in [6.45, 7) is 5.10. The van der Waals surface area contributed by atoms with E-state index in [-0.39, 0.29) is 17.7 Å². The third-order valence-corrected chi connectivity index (χ3v) is 6.13. The van der Waals surface area contributed by atoms with Crippen molar-refractivity contribution in [3.8, 4) is 17.0 Å². The minimum absolute atomic E-state index is 0.0153. The summed E-state index contributed by atoms with van der Waals surface area (Å²) < 4.78 is 37.9. The molecular weight excluding hydrogens is 364 g/mol. The van der Waals surface area contributed by atoms with Crippen molar-refractivity contribution in [1.82, 2.24) is 9.71 Å². The van der Waals surface area contributed by atoms with Crippen LogP contribution in [0.4, 0.5) is 0 Å². The molecule has 0 spiro atoms. The number of rotatable bonds is 7. The maximum absolute atomic E-state index is 11.9. The van der Waals surface area contributed by atoms with E-state index in [9.17, 15) is 8.42 Å². The molecule has 7 heteroatoms. The Bertz CT molecular complexity index is 835. The van der Waals surface area contributed by atoms with Crippen LogP contribution >= 0.6 is 0 Å². The van der Waals surface area contributed by atoms with Gasteiger partial charge in [0.05, 0.1) is 24.7 Å². The van der Waals surface area contributed by atoms with Gasteiger partial charge in [-0.3, -0.25) is 4.98 Å². The molecule has 1 aliphatic rings. The van der Waals surface area contributed by atoms with Crippen molar-refractivity contribution in [3.05, 3.63) is 48.2 Å². The lowest BCUT2D eigenvalue weighted by Gasteiger charge is -2.31. The Balaban J connectivity index is 1.60. The van der Waals surface area contributed by atoms with E-state index < -0.39 is 10.0 Å². The fourth-order valence-corrected chi connectivity index (χ4v) is 3.93. The van der Waals surface area contributed by atoms with E-state index in [2.05, 4.69) is 9.71 Å². The van der Waals surface area contributed by atoms with E-state index >= 15 is 0 Å². The lowest BCUT2D eigenvalue weighted by atomic mass is 9.98. The molecule has 0 aliphatic carbocycles. The lowest BCUT2D eigenvalue weighted by Crippen LogP contribution is -2.47. The number of ether oxygens (including phenoxy) is 2. The fraction of sp³-hybridized carbons (Fsp3) is 0.450. The summed E-state index contributed by atoms with van der Waals surface area (Å²) in [6.07, 6.45) is 2.51. The standard InChI is InChI=1S/C20H26N2O4S/c1-3-27(23,24)22-20-10-11-25-13-17(20)14-26-18-7-5-16(6-8-18)19-9-4-15(2)12-21-19/h4-9,12,17,20,22H,3,10-11,13-14H2,1-2H3/t17-,20+/m1/s1. The molecule has 146 valence electrons. The zero-order chi connectivity index (χ0) is 19.3. The highest BCUT2D eigenvalue weighted by Crippen LogP contribution is 2.23. The van der Waals surface area contributed by atoms with Crippen molar-refractivity contribution in [3.63, 3.8) is 0 Å². The number of nitrogens with one attached hydrogen (secondary N) is 1. The zero-order valence-corrected chi connectivity index (χ0v) is 16.5. The summed E-state index contributed by atoms with van der Waals surface area (Å²) in [5.41, 5.74) is 3.07. The van der Waals surface area contributed by atoms with Crippen LogP contribution in [0.1, 0.15) is 18.9 Å². The molecular formula is C20H26N2O4S. The Kier molecular flexibility index (Phi) is 6.46. The summed E-state index contributed by atoms with van der Waals surface area (Å²) in [6, 6.07) is 11.6. The highest BCUT2D eigenvalue weighted by atomic mass is 32.2. The Morgan fingerprint density at radius 3 is 2.67 bits per heavy atom. The smallest absolute Gasteiger partial charge is 0.211 e. The molecule has 27 heavy (non-hydrogen) atoms. The molecule has 0 amide bonds. The first-order chi connectivity index (χ1) is 13.0. The first-order valence-electron chi connectivity index (χ1n) is 9.20. The highest BCUT2D eigenvalue weighted by molar-refractivity contribution is 7.89. The first-order valence-corrected chi connectivity index (χ1v) is 10.9. The molecule has 0 saturated carbocycles. The van der Waals surface area contributed by atoms with Gasteiger partial charge in [-0.25, -0.2) is 13.1 Å². The second-order valence-corrected chi connectivity index (χ2v) is 8.85. The van der Waals surface area contributed by atoms with Crippen LogP contribution in [0.15, 0.2) is 42.6 Å². The Hall–Kier alpha value is -1.96. The van der Waals surface area contributed by atoms with Crippen LogP contribution in [0.3, 0.4) is 0 Å². The summed E-state index contributed by atoms with van der Waals surface area (Å²) in [5, 5.41) is 0. The molecule has 2 heterocycles. The van der Waals surface area contributed by atoms with E-state index in [1.54, 1.807) is 6.92 Å². The maximum atomic E-state index is 11.9. The molecule has 1 fully saturated rings. The first kappa shape index (κ1) is 19.8. The Labute approximate surface area is 161 Å². The average molecular weight is 391 g/mol. The fourth-order valence-electron chi connectivity index (χ4n) is 2.99. The largest absolute Gasteiger partial charge is 0.493 e. The van der Waals surface area contributed by atoms with Gasteiger partial charge in [-0.1, -0.05) is 6.07 Å². The molecule has 0 unspecified atom stereocenters. The molecule has 3 rings (SSSR count).